The van der Waals surface area contributed by atoms with Gasteiger partial charge in [0, 0.05) is 25.9 Å². The molecule has 0 aromatic carbocycles. The van der Waals surface area contributed by atoms with Crippen molar-refractivity contribution in [2.45, 2.75) is 37.3 Å². The molecule has 2 fully saturated rings. The van der Waals surface area contributed by atoms with Crippen LogP contribution < -0.4 is 10.3 Å². The summed E-state index contributed by atoms with van der Waals surface area (Å²) in [5.41, 5.74) is -0.403. The molecule has 0 radical (unpaired) electrons. The molecular formula is C14H19ClN2O4. The first-order valence-corrected chi connectivity index (χ1v) is 7.55. The molecule has 3 rings (SSSR count). The Morgan fingerprint density at radius 3 is 2.90 bits per heavy atom. The van der Waals surface area contributed by atoms with Crippen molar-refractivity contribution in [3.05, 3.63) is 21.8 Å². The van der Waals surface area contributed by atoms with Crippen LogP contribution in [-0.2, 0) is 9.47 Å². The SMILES string of the molecule is COc1c(Cl)ncn(C2CCOC3(CCOCC3)C2)c1=O. The molecule has 7 heteroatoms. The molecule has 2 aliphatic heterocycles. The van der Waals surface area contributed by atoms with Gasteiger partial charge in [-0.05, 0) is 25.7 Å². The molecule has 0 saturated carbocycles. The highest BCUT2D eigenvalue weighted by atomic mass is 35.5. The van der Waals surface area contributed by atoms with Gasteiger partial charge in [-0.1, -0.05) is 11.6 Å². The predicted molar refractivity (Wildman–Crippen MR) is 77.1 cm³/mol. The van der Waals surface area contributed by atoms with E-state index < -0.39 is 0 Å². The monoisotopic (exact) mass is 314 g/mol. The van der Waals surface area contributed by atoms with Gasteiger partial charge in [0.25, 0.3) is 5.56 Å². The second kappa shape index (κ2) is 5.94. The summed E-state index contributed by atoms with van der Waals surface area (Å²) in [7, 11) is 1.43. The molecule has 1 aromatic rings. The molecule has 1 unspecified atom stereocenters. The van der Waals surface area contributed by atoms with E-state index >= 15 is 0 Å². The molecule has 6 nitrogen and oxygen atoms in total. The van der Waals surface area contributed by atoms with Crippen LogP contribution in [0.25, 0.3) is 0 Å². The summed E-state index contributed by atoms with van der Waals surface area (Å²) in [5.74, 6) is 0.103. The zero-order valence-electron chi connectivity index (χ0n) is 12.0. The van der Waals surface area contributed by atoms with Crippen LogP contribution in [0.4, 0.5) is 0 Å². The number of hydrogen-bond acceptors (Lipinski definition) is 5. The zero-order chi connectivity index (χ0) is 14.9. The van der Waals surface area contributed by atoms with Crippen LogP contribution in [0.3, 0.4) is 0 Å². The summed E-state index contributed by atoms with van der Waals surface area (Å²) in [6.45, 7) is 2.07. The molecule has 0 aliphatic carbocycles. The Balaban J connectivity index is 1.88. The lowest BCUT2D eigenvalue weighted by Gasteiger charge is -2.43. The van der Waals surface area contributed by atoms with Gasteiger partial charge in [-0.3, -0.25) is 9.36 Å². The van der Waals surface area contributed by atoms with Gasteiger partial charge in [0.15, 0.2) is 5.15 Å². The van der Waals surface area contributed by atoms with E-state index in [9.17, 15) is 4.79 Å². The van der Waals surface area contributed by atoms with Gasteiger partial charge in [-0.25, -0.2) is 4.98 Å². The topological polar surface area (TPSA) is 62.6 Å². The Hall–Kier alpha value is -1.11. The van der Waals surface area contributed by atoms with Gasteiger partial charge in [0.2, 0.25) is 5.75 Å². The minimum Gasteiger partial charge on any atom is -0.489 e. The smallest absolute Gasteiger partial charge is 0.297 e. The molecule has 0 amide bonds. The van der Waals surface area contributed by atoms with Gasteiger partial charge in [-0.2, -0.15) is 0 Å². The number of methoxy groups -OCH3 is 1. The Labute approximate surface area is 128 Å². The maximum Gasteiger partial charge on any atom is 0.297 e. The minimum absolute atomic E-state index is 0.0583. The van der Waals surface area contributed by atoms with E-state index in [1.165, 1.54) is 13.4 Å². The molecular weight excluding hydrogens is 296 g/mol. The number of nitrogens with zero attached hydrogens (tertiary/aromatic N) is 2. The van der Waals surface area contributed by atoms with E-state index in [4.69, 9.17) is 25.8 Å². The van der Waals surface area contributed by atoms with E-state index in [0.29, 0.717) is 19.8 Å². The van der Waals surface area contributed by atoms with Crippen LogP contribution in [0.1, 0.15) is 31.7 Å². The minimum atomic E-state index is -0.230. The first-order valence-electron chi connectivity index (χ1n) is 7.17. The normalized spacial score (nSPS) is 25.0. The highest BCUT2D eigenvalue weighted by molar-refractivity contribution is 6.30. The molecule has 21 heavy (non-hydrogen) atoms. The van der Waals surface area contributed by atoms with Gasteiger partial charge >= 0.3 is 0 Å². The fraction of sp³-hybridized carbons (Fsp3) is 0.714. The number of ether oxygens (including phenoxy) is 3. The van der Waals surface area contributed by atoms with Crippen molar-refractivity contribution in [1.82, 2.24) is 9.55 Å². The van der Waals surface area contributed by atoms with Crippen LogP contribution in [0, 0.1) is 0 Å². The van der Waals surface area contributed by atoms with Crippen LogP contribution in [-0.4, -0.2) is 42.1 Å². The van der Waals surface area contributed by atoms with Gasteiger partial charge in [0.05, 0.1) is 19.0 Å². The number of aromatic nitrogens is 2. The lowest BCUT2D eigenvalue weighted by atomic mass is 9.84. The third kappa shape index (κ3) is 2.80. The maximum atomic E-state index is 12.4. The van der Waals surface area contributed by atoms with Crippen molar-refractivity contribution >= 4 is 11.6 Å². The van der Waals surface area contributed by atoms with Gasteiger partial charge < -0.3 is 14.2 Å². The van der Waals surface area contributed by atoms with E-state index in [2.05, 4.69) is 4.98 Å². The number of hydrogen-bond donors (Lipinski definition) is 0. The second-order valence-corrected chi connectivity index (χ2v) is 5.93. The fourth-order valence-electron chi connectivity index (χ4n) is 3.19. The van der Waals surface area contributed by atoms with Crippen molar-refractivity contribution in [3.63, 3.8) is 0 Å². The Kier molecular flexibility index (Phi) is 4.19. The summed E-state index contributed by atoms with van der Waals surface area (Å²) in [4.78, 5) is 16.5. The lowest BCUT2D eigenvalue weighted by Crippen LogP contribution is -2.46. The third-order valence-corrected chi connectivity index (χ3v) is 4.65. The van der Waals surface area contributed by atoms with Crippen LogP contribution in [0.5, 0.6) is 5.75 Å². The largest absolute Gasteiger partial charge is 0.489 e. The Bertz CT molecular complexity index is 563. The number of rotatable bonds is 2. The third-order valence-electron chi connectivity index (χ3n) is 4.38. The molecule has 1 spiro atoms. The molecule has 2 saturated heterocycles. The van der Waals surface area contributed by atoms with E-state index in [-0.39, 0.29) is 28.1 Å². The molecule has 1 aromatic heterocycles. The summed E-state index contributed by atoms with van der Waals surface area (Å²) in [6, 6.07) is 0.0583. The molecule has 3 heterocycles. The first-order chi connectivity index (χ1) is 10.2. The van der Waals surface area contributed by atoms with Gasteiger partial charge in [0.1, 0.15) is 0 Å². The summed E-state index contributed by atoms with van der Waals surface area (Å²) in [5, 5.41) is 0.103. The van der Waals surface area contributed by atoms with Crippen molar-refractivity contribution < 1.29 is 14.2 Å². The van der Waals surface area contributed by atoms with Crippen molar-refractivity contribution in [3.8, 4) is 5.75 Å². The summed E-state index contributed by atoms with van der Waals surface area (Å²) < 4.78 is 18.1. The molecule has 0 N–H and O–H groups in total. The van der Waals surface area contributed by atoms with E-state index in [0.717, 1.165) is 25.7 Å². The van der Waals surface area contributed by atoms with Crippen LogP contribution in [0.2, 0.25) is 5.15 Å². The second-order valence-electron chi connectivity index (χ2n) is 5.57. The number of halogens is 1. The zero-order valence-corrected chi connectivity index (χ0v) is 12.8. The fourth-order valence-corrected chi connectivity index (χ4v) is 3.39. The van der Waals surface area contributed by atoms with E-state index in [1.54, 1.807) is 4.57 Å². The highest BCUT2D eigenvalue weighted by Gasteiger charge is 2.40. The summed E-state index contributed by atoms with van der Waals surface area (Å²) in [6.07, 6.45) is 4.83. The molecule has 0 bridgehead atoms. The molecule has 116 valence electrons. The molecule has 1 atom stereocenters. The lowest BCUT2D eigenvalue weighted by molar-refractivity contribution is -0.144. The average Bonchev–Trinajstić information content (AvgIpc) is 2.48. The summed E-state index contributed by atoms with van der Waals surface area (Å²) >= 11 is 5.89. The highest BCUT2D eigenvalue weighted by Crippen LogP contribution is 2.38. The Morgan fingerprint density at radius 2 is 2.19 bits per heavy atom. The van der Waals surface area contributed by atoms with Crippen LogP contribution in [0.15, 0.2) is 11.1 Å². The quantitative estimate of drug-likeness (QED) is 0.779. The maximum absolute atomic E-state index is 12.4. The standard InChI is InChI=1S/C14H19ClN2O4/c1-19-11-12(15)16-9-17(13(11)18)10-2-5-21-14(8-10)3-6-20-7-4-14/h9-10H,2-8H2,1H3. The van der Waals surface area contributed by atoms with E-state index in [1.807, 2.05) is 0 Å². The van der Waals surface area contributed by atoms with Crippen molar-refractivity contribution in [2.24, 2.45) is 0 Å². The first kappa shape index (κ1) is 14.8. The Morgan fingerprint density at radius 1 is 1.43 bits per heavy atom. The van der Waals surface area contributed by atoms with Crippen molar-refractivity contribution in [2.75, 3.05) is 26.9 Å². The van der Waals surface area contributed by atoms with Crippen LogP contribution >= 0.6 is 11.6 Å². The predicted octanol–water partition coefficient (Wildman–Crippen LogP) is 1.81. The molecule has 2 aliphatic rings. The average molecular weight is 315 g/mol. The van der Waals surface area contributed by atoms with Gasteiger partial charge in [-0.15, -0.1) is 0 Å². The van der Waals surface area contributed by atoms with Crippen molar-refractivity contribution in [1.29, 1.82) is 0 Å².